The van der Waals surface area contributed by atoms with Gasteiger partial charge in [-0.15, -0.1) is 0 Å². The van der Waals surface area contributed by atoms with Crippen molar-refractivity contribution in [1.29, 1.82) is 0 Å². The van der Waals surface area contributed by atoms with Gasteiger partial charge in [-0.3, -0.25) is 14.6 Å². The largest absolute Gasteiger partial charge is 0.349 e. The molecule has 9 heteroatoms. The molecule has 1 saturated heterocycles. The second-order valence-corrected chi connectivity index (χ2v) is 8.42. The highest BCUT2D eigenvalue weighted by Crippen LogP contribution is 2.46. The van der Waals surface area contributed by atoms with Crippen molar-refractivity contribution in [2.75, 3.05) is 11.4 Å². The zero-order valence-corrected chi connectivity index (χ0v) is 17.0. The van der Waals surface area contributed by atoms with Gasteiger partial charge in [-0.05, 0) is 44.2 Å². The van der Waals surface area contributed by atoms with E-state index in [1.165, 1.54) is 6.20 Å². The summed E-state index contributed by atoms with van der Waals surface area (Å²) in [5, 5.41) is 7.81. The Morgan fingerprint density at radius 3 is 2.83 bits per heavy atom. The van der Waals surface area contributed by atoms with Crippen molar-refractivity contribution >= 4 is 34.7 Å². The van der Waals surface area contributed by atoms with Crippen LogP contribution in [-0.2, 0) is 4.79 Å². The molecule has 30 heavy (non-hydrogen) atoms. The highest BCUT2D eigenvalue weighted by molar-refractivity contribution is 6.33. The third kappa shape index (κ3) is 3.11. The van der Waals surface area contributed by atoms with Gasteiger partial charge in [0.2, 0.25) is 5.91 Å². The number of hydrogen-bond donors (Lipinski definition) is 1. The number of halogens is 1. The van der Waals surface area contributed by atoms with Gasteiger partial charge in [0.1, 0.15) is 5.56 Å². The highest BCUT2D eigenvalue weighted by atomic mass is 35.5. The van der Waals surface area contributed by atoms with Crippen LogP contribution < -0.4 is 10.2 Å². The molecule has 0 atom stereocenters. The number of aromatic nitrogens is 4. The van der Waals surface area contributed by atoms with E-state index in [0.29, 0.717) is 28.5 Å². The molecular weight excluding hydrogens is 404 g/mol. The summed E-state index contributed by atoms with van der Waals surface area (Å²) in [7, 11) is 0. The molecule has 2 fully saturated rings. The fourth-order valence-corrected chi connectivity index (χ4v) is 4.85. The van der Waals surface area contributed by atoms with E-state index >= 15 is 0 Å². The lowest BCUT2D eigenvalue weighted by atomic mass is 9.71. The van der Waals surface area contributed by atoms with Crippen LogP contribution >= 0.6 is 11.6 Å². The number of nitrogens with one attached hydrogen (secondary N) is 1. The third-order valence-corrected chi connectivity index (χ3v) is 6.67. The first-order chi connectivity index (χ1) is 14.6. The van der Waals surface area contributed by atoms with E-state index in [-0.39, 0.29) is 23.3 Å². The molecule has 1 N–H and O–H groups in total. The summed E-state index contributed by atoms with van der Waals surface area (Å²) in [6, 6.07) is 3.50. The quantitative estimate of drug-likeness (QED) is 0.697. The maximum Gasteiger partial charge on any atom is 0.256 e. The number of fused-ring (bicyclic) bond motifs is 1. The molecule has 4 heterocycles. The normalized spacial score (nSPS) is 24.0. The van der Waals surface area contributed by atoms with Crippen LogP contribution in [0.3, 0.4) is 0 Å². The number of carbonyl (C=O) groups excluding carboxylic acids is 2. The van der Waals surface area contributed by atoms with Crippen LogP contribution in [0.5, 0.6) is 0 Å². The zero-order chi connectivity index (χ0) is 20.7. The fourth-order valence-electron chi connectivity index (χ4n) is 4.65. The molecule has 2 amide bonds. The maximum atomic E-state index is 13.2. The summed E-state index contributed by atoms with van der Waals surface area (Å²) in [5.74, 6) is -0.0554. The number of carbonyl (C=O) groups is 2. The van der Waals surface area contributed by atoms with Gasteiger partial charge in [-0.2, -0.15) is 5.10 Å². The molecule has 1 saturated carbocycles. The summed E-state index contributed by atoms with van der Waals surface area (Å²) in [6.45, 7) is 0.648. The van der Waals surface area contributed by atoms with Crippen LogP contribution in [0.4, 0.5) is 5.69 Å². The number of amides is 2. The van der Waals surface area contributed by atoms with Gasteiger partial charge in [0.15, 0.2) is 5.65 Å². The van der Waals surface area contributed by atoms with Crippen molar-refractivity contribution < 1.29 is 9.59 Å². The van der Waals surface area contributed by atoms with E-state index in [2.05, 4.69) is 20.4 Å². The van der Waals surface area contributed by atoms with Crippen LogP contribution in [-0.4, -0.2) is 44.0 Å². The molecule has 0 radical (unpaired) electrons. The van der Waals surface area contributed by atoms with E-state index in [4.69, 9.17) is 11.6 Å². The van der Waals surface area contributed by atoms with Crippen molar-refractivity contribution in [3.63, 3.8) is 0 Å². The van der Waals surface area contributed by atoms with Gasteiger partial charge in [0.05, 0.1) is 28.5 Å². The van der Waals surface area contributed by atoms with E-state index in [1.54, 1.807) is 46.3 Å². The molecule has 1 spiro atoms. The topological polar surface area (TPSA) is 92.5 Å². The van der Waals surface area contributed by atoms with Crippen molar-refractivity contribution in [1.82, 2.24) is 24.9 Å². The van der Waals surface area contributed by atoms with Gasteiger partial charge in [-0.25, -0.2) is 9.50 Å². The maximum absolute atomic E-state index is 13.2. The second-order valence-electron chi connectivity index (χ2n) is 8.01. The first-order valence-corrected chi connectivity index (χ1v) is 10.5. The van der Waals surface area contributed by atoms with E-state index in [1.807, 2.05) is 0 Å². The van der Waals surface area contributed by atoms with Crippen LogP contribution in [0, 0.1) is 5.41 Å². The van der Waals surface area contributed by atoms with Gasteiger partial charge in [0.25, 0.3) is 5.91 Å². The summed E-state index contributed by atoms with van der Waals surface area (Å²) >= 11 is 6.27. The molecular formula is C21H21ClN6O2. The summed E-state index contributed by atoms with van der Waals surface area (Å²) < 4.78 is 1.58. The summed E-state index contributed by atoms with van der Waals surface area (Å²) in [4.78, 5) is 36.1. The van der Waals surface area contributed by atoms with Gasteiger partial charge >= 0.3 is 0 Å². The Labute approximate surface area is 178 Å². The number of hydrogen-bond acceptors (Lipinski definition) is 5. The van der Waals surface area contributed by atoms with Crippen molar-refractivity contribution in [3.8, 4) is 0 Å². The molecule has 0 aromatic carbocycles. The standard InChI is InChI=1S/C21H21ClN6O2/c22-16-4-9-23-13-17(16)27-11-7-21(20(27)30)5-2-14(3-6-21)26-19(29)15-12-25-28-10-1-8-24-18(15)28/h1,4,8-10,12-14H,2-3,5-7,11H2,(H,26,29)/t14-,21-. The fraction of sp³-hybridized carbons (Fsp3) is 0.381. The minimum atomic E-state index is -0.369. The lowest BCUT2D eigenvalue weighted by Crippen LogP contribution is -2.44. The number of nitrogens with zero attached hydrogens (tertiary/aromatic N) is 5. The predicted molar refractivity (Wildman–Crippen MR) is 111 cm³/mol. The second kappa shape index (κ2) is 7.36. The van der Waals surface area contributed by atoms with Crippen LogP contribution in [0.25, 0.3) is 5.65 Å². The van der Waals surface area contributed by atoms with Crippen LogP contribution in [0.15, 0.2) is 43.1 Å². The highest BCUT2D eigenvalue weighted by Gasteiger charge is 2.49. The average Bonchev–Trinajstić information content (AvgIpc) is 3.33. The minimum Gasteiger partial charge on any atom is -0.349 e. The summed E-state index contributed by atoms with van der Waals surface area (Å²) in [5.41, 5.74) is 1.31. The Morgan fingerprint density at radius 2 is 2.03 bits per heavy atom. The number of pyridine rings is 1. The number of rotatable bonds is 3. The van der Waals surface area contributed by atoms with E-state index < -0.39 is 0 Å². The van der Waals surface area contributed by atoms with Crippen molar-refractivity contribution in [2.24, 2.45) is 5.41 Å². The van der Waals surface area contributed by atoms with E-state index in [0.717, 1.165) is 32.1 Å². The molecule has 154 valence electrons. The molecule has 3 aromatic rings. The van der Waals surface area contributed by atoms with Gasteiger partial charge < -0.3 is 10.2 Å². The Balaban J connectivity index is 1.25. The average molecular weight is 425 g/mol. The molecule has 5 rings (SSSR count). The lowest BCUT2D eigenvalue weighted by molar-refractivity contribution is -0.127. The molecule has 1 aliphatic heterocycles. The third-order valence-electron chi connectivity index (χ3n) is 6.35. The van der Waals surface area contributed by atoms with Crippen molar-refractivity contribution in [2.45, 2.75) is 38.1 Å². The first kappa shape index (κ1) is 19.0. The van der Waals surface area contributed by atoms with Crippen LogP contribution in [0.2, 0.25) is 5.02 Å². The Bertz CT molecular complexity index is 1120. The van der Waals surface area contributed by atoms with E-state index in [9.17, 15) is 9.59 Å². The molecule has 8 nitrogen and oxygen atoms in total. The Hall–Kier alpha value is -3.00. The Kier molecular flexibility index (Phi) is 4.66. The minimum absolute atomic E-state index is 0.0330. The first-order valence-electron chi connectivity index (χ1n) is 10.1. The monoisotopic (exact) mass is 424 g/mol. The smallest absolute Gasteiger partial charge is 0.256 e. The Morgan fingerprint density at radius 1 is 1.20 bits per heavy atom. The SMILES string of the molecule is O=C(N[C@H]1CC[C@@]2(CCN(c3cnccc3Cl)C2=O)CC1)c1cnn2cccnc12. The van der Waals surface area contributed by atoms with Gasteiger partial charge in [-0.1, -0.05) is 11.6 Å². The predicted octanol–water partition coefficient (Wildman–Crippen LogP) is 2.87. The molecule has 3 aromatic heterocycles. The molecule has 0 unspecified atom stereocenters. The number of anilines is 1. The molecule has 2 aliphatic rings. The van der Waals surface area contributed by atoms with Crippen molar-refractivity contribution in [3.05, 3.63) is 53.7 Å². The zero-order valence-electron chi connectivity index (χ0n) is 16.3. The molecule has 0 bridgehead atoms. The molecule has 1 aliphatic carbocycles. The summed E-state index contributed by atoms with van der Waals surface area (Å²) in [6.07, 6.45) is 12.0. The van der Waals surface area contributed by atoms with Crippen LogP contribution in [0.1, 0.15) is 42.5 Å². The van der Waals surface area contributed by atoms with Gasteiger partial charge in [0, 0.05) is 31.2 Å². The lowest BCUT2D eigenvalue weighted by Gasteiger charge is -2.36.